The normalized spacial score (nSPS) is 11.5. The number of non-ortho nitro benzene ring substituents is 1. The second-order valence-corrected chi connectivity index (χ2v) is 7.41. The second kappa shape index (κ2) is 9.13. The SMILES string of the molecule is CC(=NNC(=O)c1cc(-c2ccc(CC(C)C)cc2)n[nH]1)c1cccc([N+](=O)[O-])c1. The standard InChI is InChI=1S/C22H23N5O3/c1-14(2)11-16-7-9-17(10-8-16)20-13-21(25-24-20)22(28)26-23-15(3)18-5-4-6-19(12-18)27(29)30/h4-10,12-14H,11H2,1-3H3,(H,24,25)(H,26,28). The molecule has 3 aromatic rings. The Morgan fingerprint density at radius 3 is 2.60 bits per heavy atom. The lowest BCUT2D eigenvalue weighted by Gasteiger charge is -2.05. The molecule has 0 radical (unpaired) electrons. The molecule has 1 aromatic heterocycles. The summed E-state index contributed by atoms with van der Waals surface area (Å²) in [6.07, 6.45) is 1.01. The fraction of sp³-hybridized carbons (Fsp3) is 0.227. The van der Waals surface area contributed by atoms with Crippen LogP contribution in [-0.2, 0) is 6.42 Å². The third-order valence-electron chi connectivity index (χ3n) is 4.52. The van der Waals surface area contributed by atoms with Gasteiger partial charge in [-0.05, 0) is 30.9 Å². The Labute approximate surface area is 174 Å². The van der Waals surface area contributed by atoms with E-state index >= 15 is 0 Å². The lowest BCUT2D eigenvalue weighted by atomic mass is 10.0. The van der Waals surface area contributed by atoms with Crippen molar-refractivity contribution < 1.29 is 9.72 Å². The topological polar surface area (TPSA) is 113 Å². The molecule has 8 nitrogen and oxygen atoms in total. The maximum absolute atomic E-state index is 12.4. The Morgan fingerprint density at radius 2 is 1.93 bits per heavy atom. The molecule has 2 aromatic carbocycles. The molecule has 154 valence electrons. The zero-order chi connectivity index (χ0) is 21.7. The molecule has 0 bridgehead atoms. The van der Waals surface area contributed by atoms with Gasteiger partial charge in [-0.1, -0.05) is 50.2 Å². The molecule has 0 unspecified atom stereocenters. The van der Waals surface area contributed by atoms with E-state index in [4.69, 9.17) is 0 Å². The fourth-order valence-electron chi connectivity index (χ4n) is 2.97. The van der Waals surface area contributed by atoms with Crippen LogP contribution in [0.5, 0.6) is 0 Å². The van der Waals surface area contributed by atoms with Crippen LogP contribution in [0.3, 0.4) is 0 Å². The van der Waals surface area contributed by atoms with Gasteiger partial charge < -0.3 is 0 Å². The van der Waals surface area contributed by atoms with Crippen LogP contribution in [0.2, 0.25) is 0 Å². The number of hydrazone groups is 1. The van der Waals surface area contributed by atoms with E-state index in [1.165, 1.54) is 17.7 Å². The van der Waals surface area contributed by atoms with Crippen molar-refractivity contribution in [3.05, 3.63) is 81.5 Å². The summed E-state index contributed by atoms with van der Waals surface area (Å²) < 4.78 is 0. The maximum Gasteiger partial charge on any atom is 0.289 e. The highest BCUT2D eigenvalue weighted by molar-refractivity contribution is 6.01. The number of benzene rings is 2. The van der Waals surface area contributed by atoms with Crippen molar-refractivity contribution in [2.45, 2.75) is 27.2 Å². The van der Waals surface area contributed by atoms with Crippen LogP contribution in [0.15, 0.2) is 59.7 Å². The van der Waals surface area contributed by atoms with Gasteiger partial charge in [-0.25, -0.2) is 5.43 Å². The zero-order valence-electron chi connectivity index (χ0n) is 17.0. The predicted octanol–water partition coefficient (Wildman–Crippen LogP) is 4.34. The van der Waals surface area contributed by atoms with Crippen LogP contribution in [0.1, 0.15) is 42.4 Å². The van der Waals surface area contributed by atoms with Gasteiger partial charge >= 0.3 is 0 Å². The van der Waals surface area contributed by atoms with Crippen LogP contribution in [0.25, 0.3) is 11.3 Å². The average molecular weight is 405 g/mol. The van der Waals surface area contributed by atoms with Gasteiger partial charge in [0, 0.05) is 23.3 Å². The lowest BCUT2D eigenvalue weighted by Crippen LogP contribution is -2.19. The minimum atomic E-state index is -0.475. The molecular weight excluding hydrogens is 382 g/mol. The number of H-pyrrole nitrogens is 1. The number of nitro benzene ring substituents is 1. The monoisotopic (exact) mass is 405 g/mol. The summed E-state index contributed by atoms with van der Waals surface area (Å²) in [5, 5.41) is 21.9. The van der Waals surface area contributed by atoms with Crippen LogP contribution < -0.4 is 5.43 Å². The molecule has 0 saturated heterocycles. The summed E-state index contributed by atoms with van der Waals surface area (Å²) in [7, 11) is 0. The Morgan fingerprint density at radius 1 is 1.20 bits per heavy atom. The second-order valence-electron chi connectivity index (χ2n) is 7.41. The number of hydrogen-bond donors (Lipinski definition) is 2. The van der Waals surface area contributed by atoms with Gasteiger partial charge in [-0.2, -0.15) is 10.2 Å². The molecule has 0 aliphatic heterocycles. The summed E-state index contributed by atoms with van der Waals surface area (Å²) in [5.41, 5.74) is 6.52. The first-order chi connectivity index (χ1) is 14.3. The predicted molar refractivity (Wildman–Crippen MR) is 115 cm³/mol. The van der Waals surface area contributed by atoms with Crippen LogP contribution >= 0.6 is 0 Å². The van der Waals surface area contributed by atoms with Crippen LogP contribution in [0.4, 0.5) is 5.69 Å². The first kappa shape index (κ1) is 20.9. The molecule has 30 heavy (non-hydrogen) atoms. The number of aromatic nitrogens is 2. The molecule has 3 rings (SSSR count). The zero-order valence-corrected chi connectivity index (χ0v) is 17.0. The van der Waals surface area contributed by atoms with Crippen molar-refractivity contribution >= 4 is 17.3 Å². The number of nitrogens with zero attached hydrogens (tertiary/aromatic N) is 3. The highest BCUT2D eigenvalue weighted by atomic mass is 16.6. The molecule has 0 aliphatic rings. The van der Waals surface area contributed by atoms with Gasteiger partial charge in [0.05, 0.1) is 16.3 Å². The molecule has 0 aliphatic carbocycles. The van der Waals surface area contributed by atoms with Crippen LogP contribution in [0, 0.1) is 16.0 Å². The number of nitrogens with one attached hydrogen (secondary N) is 2. The van der Waals surface area contributed by atoms with E-state index in [1.54, 1.807) is 25.1 Å². The molecule has 0 saturated carbocycles. The van der Waals surface area contributed by atoms with Crippen molar-refractivity contribution in [2.24, 2.45) is 11.0 Å². The average Bonchev–Trinajstić information content (AvgIpc) is 3.22. The Balaban J connectivity index is 1.68. The first-order valence-corrected chi connectivity index (χ1v) is 9.57. The van der Waals surface area contributed by atoms with Gasteiger partial charge in [-0.15, -0.1) is 0 Å². The molecule has 0 spiro atoms. The van der Waals surface area contributed by atoms with E-state index in [2.05, 4.69) is 46.7 Å². The van der Waals surface area contributed by atoms with Crippen molar-refractivity contribution in [3.8, 4) is 11.3 Å². The number of rotatable bonds is 7. The highest BCUT2D eigenvalue weighted by Crippen LogP contribution is 2.20. The number of aromatic amines is 1. The Hall–Kier alpha value is -3.81. The number of hydrogen-bond acceptors (Lipinski definition) is 5. The number of carbonyl (C=O) groups is 1. The van der Waals surface area contributed by atoms with Gasteiger partial charge in [0.25, 0.3) is 11.6 Å². The number of carbonyl (C=O) groups excluding carboxylic acids is 1. The van der Waals surface area contributed by atoms with E-state index in [0.717, 1.165) is 12.0 Å². The van der Waals surface area contributed by atoms with E-state index in [-0.39, 0.29) is 11.4 Å². The summed E-state index contributed by atoms with van der Waals surface area (Å²) >= 11 is 0. The third-order valence-corrected chi connectivity index (χ3v) is 4.52. The lowest BCUT2D eigenvalue weighted by molar-refractivity contribution is -0.384. The maximum atomic E-state index is 12.4. The largest absolute Gasteiger partial charge is 0.289 e. The number of amides is 1. The Bertz CT molecular complexity index is 1080. The van der Waals surface area contributed by atoms with Crippen molar-refractivity contribution in [1.82, 2.24) is 15.6 Å². The molecular formula is C22H23N5O3. The summed E-state index contributed by atoms with van der Waals surface area (Å²) in [5.74, 6) is 0.137. The van der Waals surface area contributed by atoms with Gasteiger partial charge in [0.2, 0.25) is 0 Å². The molecule has 1 amide bonds. The molecule has 0 atom stereocenters. The molecule has 8 heteroatoms. The molecule has 0 fully saturated rings. The summed E-state index contributed by atoms with van der Waals surface area (Å²) in [6, 6.07) is 15.8. The first-order valence-electron chi connectivity index (χ1n) is 9.57. The van der Waals surface area contributed by atoms with E-state index < -0.39 is 10.8 Å². The van der Waals surface area contributed by atoms with Crippen molar-refractivity contribution in [1.29, 1.82) is 0 Å². The third kappa shape index (κ3) is 5.16. The molecule has 2 N–H and O–H groups in total. The quantitative estimate of drug-likeness (QED) is 0.346. The smallest absolute Gasteiger partial charge is 0.272 e. The fourth-order valence-corrected chi connectivity index (χ4v) is 2.97. The van der Waals surface area contributed by atoms with Gasteiger partial charge in [0.15, 0.2) is 0 Å². The van der Waals surface area contributed by atoms with E-state index in [0.29, 0.717) is 22.9 Å². The number of nitro groups is 1. The van der Waals surface area contributed by atoms with Gasteiger partial charge in [0.1, 0.15) is 5.69 Å². The van der Waals surface area contributed by atoms with E-state index in [9.17, 15) is 14.9 Å². The summed E-state index contributed by atoms with van der Waals surface area (Å²) in [4.78, 5) is 22.8. The van der Waals surface area contributed by atoms with Crippen molar-refractivity contribution in [2.75, 3.05) is 0 Å². The Kier molecular flexibility index (Phi) is 6.36. The van der Waals surface area contributed by atoms with Crippen molar-refractivity contribution in [3.63, 3.8) is 0 Å². The minimum absolute atomic E-state index is 0.0361. The molecule has 1 heterocycles. The highest BCUT2D eigenvalue weighted by Gasteiger charge is 2.12. The van der Waals surface area contributed by atoms with E-state index in [1.807, 2.05) is 12.1 Å². The summed E-state index contributed by atoms with van der Waals surface area (Å²) in [6.45, 7) is 6.02. The van der Waals surface area contributed by atoms with Crippen LogP contribution in [-0.4, -0.2) is 26.7 Å². The minimum Gasteiger partial charge on any atom is -0.272 e. The van der Waals surface area contributed by atoms with Gasteiger partial charge in [-0.3, -0.25) is 20.0 Å².